The molecule has 2 saturated heterocycles. The standard InChI is InChI=1S/C26H39NO5/c1-26-18-14-16-21(32-26)15-10-8-6-4-2-3-5-7-9-13-20-31-25(30)22-17-11-12-19-27(22)24(29)23(26)28/h2,4,7,9,21-22H,3,5-6,8,10-20H2,1H3. The van der Waals surface area contributed by atoms with E-state index in [2.05, 4.69) is 18.2 Å². The summed E-state index contributed by atoms with van der Waals surface area (Å²) in [7, 11) is 0. The second kappa shape index (κ2) is 12.3. The fourth-order valence-electron chi connectivity index (χ4n) is 4.92. The summed E-state index contributed by atoms with van der Waals surface area (Å²) in [4.78, 5) is 40.6. The fraction of sp³-hybridized carbons (Fsp3) is 0.731. The number of carbonyl (C=O) groups is 3. The number of piperidine rings is 1. The van der Waals surface area contributed by atoms with Crippen molar-refractivity contribution in [3.63, 3.8) is 0 Å². The van der Waals surface area contributed by atoms with Gasteiger partial charge in [0.2, 0.25) is 0 Å². The van der Waals surface area contributed by atoms with Crippen LogP contribution in [-0.4, -0.2) is 53.5 Å². The molecule has 0 aromatic heterocycles. The summed E-state index contributed by atoms with van der Waals surface area (Å²) in [5, 5.41) is 0. The SMILES string of the molecule is CC12CCCC(CCCCC=CCCC=CCCOC(=O)C3CCCCN3C(=O)C1=O)O2. The predicted octanol–water partition coefficient (Wildman–Crippen LogP) is 4.66. The summed E-state index contributed by atoms with van der Waals surface area (Å²) in [6.45, 7) is 2.46. The molecule has 3 aliphatic heterocycles. The highest BCUT2D eigenvalue weighted by molar-refractivity contribution is 6.39. The van der Waals surface area contributed by atoms with Crippen molar-refractivity contribution in [1.82, 2.24) is 4.90 Å². The normalized spacial score (nSPS) is 32.0. The summed E-state index contributed by atoms with van der Waals surface area (Å²) in [6, 6.07) is -0.675. The van der Waals surface area contributed by atoms with Gasteiger partial charge in [-0.3, -0.25) is 9.59 Å². The molecule has 0 radical (unpaired) electrons. The van der Waals surface area contributed by atoms with Crippen LogP contribution in [-0.2, 0) is 23.9 Å². The van der Waals surface area contributed by atoms with Gasteiger partial charge in [-0.2, -0.15) is 0 Å². The molecule has 3 heterocycles. The molecule has 0 N–H and O–H groups in total. The average molecular weight is 446 g/mol. The van der Waals surface area contributed by atoms with E-state index in [4.69, 9.17) is 9.47 Å². The first-order valence-electron chi connectivity index (χ1n) is 12.5. The van der Waals surface area contributed by atoms with Gasteiger partial charge in [0.05, 0.1) is 12.7 Å². The van der Waals surface area contributed by atoms with Crippen LogP contribution in [0.1, 0.15) is 90.4 Å². The Bertz CT molecular complexity index is 715. The molecule has 32 heavy (non-hydrogen) atoms. The number of esters is 1. The molecule has 178 valence electrons. The van der Waals surface area contributed by atoms with Crippen molar-refractivity contribution in [2.45, 2.75) is 108 Å². The number of ether oxygens (including phenoxy) is 2. The summed E-state index contributed by atoms with van der Waals surface area (Å²) in [5.41, 5.74) is -1.10. The number of hydrogen-bond donors (Lipinski definition) is 0. The van der Waals surface area contributed by atoms with E-state index in [1.54, 1.807) is 6.92 Å². The molecule has 0 aliphatic carbocycles. The van der Waals surface area contributed by atoms with Gasteiger partial charge >= 0.3 is 5.97 Å². The number of nitrogens with zero attached hydrogens (tertiary/aromatic N) is 1. The zero-order chi connectivity index (χ0) is 22.8. The number of fused-ring (bicyclic) bond motifs is 3. The van der Waals surface area contributed by atoms with Crippen LogP contribution in [0, 0.1) is 0 Å². The maximum Gasteiger partial charge on any atom is 0.328 e. The van der Waals surface area contributed by atoms with E-state index < -0.39 is 29.3 Å². The summed E-state index contributed by atoms with van der Waals surface area (Å²) >= 11 is 0. The van der Waals surface area contributed by atoms with Gasteiger partial charge in [-0.05, 0) is 84.0 Å². The van der Waals surface area contributed by atoms with Crippen LogP contribution in [0.4, 0.5) is 0 Å². The Hall–Kier alpha value is -1.95. The smallest absolute Gasteiger partial charge is 0.328 e. The van der Waals surface area contributed by atoms with Crippen molar-refractivity contribution in [1.29, 1.82) is 0 Å². The Morgan fingerprint density at radius 1 is 0.844 bits per heavy atom. The van der Waals surface area contributed by atoms with Gasteiger partial charge in [-0.1, -0.05) is 30.7 Å². The predicted molar refractivity (Wildman–Crippen MR) is 123 cm³/mol. The first kappa shape index (κ1) is 24.7. The topological polar surface area (TPSA) is 72.9 Å². The molecule has 2 bridgehead atoms. The third-order valence-electron chi connectivity index (χ3n) is 6.83. The van der Waals surface area contributed by atoms with Crippen molar-refractivity contribution in [3.05, 3.63) is 24.3 Å². The number of Topliss-reactive ketones (excluding diaryl/α,β-unsaturated/α-hetero) is 1. The minimum atomic E-state index is -1.10. The Labute approximate surface area is 192 Å². The molecule has 6 nitrogen and oxygen atoms in total. The number of allylic oxidation sites excluding steroid dienone is 3. The van der Waals surface area contributed by atoms with E-state index in [9.17, 15) is 14.4 Å². The van der Waals surface area contributed by atoms with Crippen LogP contribution in [0.15, 0.2) is 24.3 Å². The van der Waals surface area contributed by atoms with E-state index in [1.165, 1.54) is 4.90 Å². The molecule has 0 spiro atoms. The Morgan fingerprint density at radius 2 is 1.53 bits per heavy atom. The van der Waals surface area contributed by atoms with Crippen LogP contribution >= 0.6 is 0 Å². The Kier molecular flexibility index (Phi) is 9.51. The first-order valence-corrected chi connectivity index (χ1v) is 12.5. The van der Waals surface area contributed by atoms with Gasteiger partial charge in [0.25, 0.3) is 11.7 Å². The molecule has 6 heteroatoms. The molecule has 1 amide bonds. The third kappa shape index (κ3) is 6.77. The molecular weight excluding hydrogens is 406 g/mol. The van der Waals surface area contributed by atoms with E-state index in [-0.39, 0.29) is 6.10 Å². The molecule has 0 aromatic rings. The third-order valence-corrected chi connectivity index (χ3v) is 6.83. The van der Waals surface area contributed by atoms with Crippen LogP contribution in [0.25, 0.3) is 0 Å². The largest absolute Gasteiger partial charge is 0.464 e. The monoisotopic (exact) mass is 445 g/mol. The van der Waals surface area contributed by atoms with Crippen molar-refractivity contribution in [3.8, 4) is 0 Å². The lowest BCUT2D eigenvalue weighted by molar-refractivity contribution is -0.174. The van der Waals surface area contributed by atoms with E-state index in [0.29, 0.717) is 32.4 Å². The first-order chi connectivity index (χ1) is 15.5. The van der Waals surface area contributed by atoms with Crippen molar-refractivity contribution >= 4 is 17.7 Å². The highest BCUT2D eigenvalue weighted by Crippen LogP contribution is 2.33. The van der Waals surface area contributed by atoms with Gasteiger partial charge in [-0.25, -0.2) is 4.79 Å². The van der Waals surface area contributed by atoms with Crippen molar-refractivity contribution < 1.29 is 23.9 Å². The number of hydrogen-bond acceptors (Lipinski definition) is 5. The van der Waals surface area contributed by atoms with Gasteiger partial charge in [-0.15, -0.1) is 0 Å². The minimum Gasteiger partial charge on any atom is -0.464 e. The van der Waals surface area contributed by atoms with Gasteiger partial charge in [0, 0.05) is 6.54 Å². The van der Waals surface area contributed by atoms with Crippen molar-refractivity contribution in [2.24, 2.45) is 0 Å². The number of rotatable bonds is 0. The van der Waals surface area contributed by atoms with E-state index >= 15 is 0 Å². The van der Waals surface area contributed by atoms with E-state index in [1.807, 2.05) is 6.08 Å². The number of cyclic esters (lactones) is 1. The lowest BCUT2D eigenvalue weighted by Gasteiger charge is -2.40. The zero-order valence-corrected chi connectivity index (χ0v) is 19.6. The number of ketones is 1. The average Bonchev–Trinajstić information content (AvgIpc) is 2.80. The highest BCUT2D eigenvalue weighted by atomic mass is 16.5. The molecule has 3 rings (SSSR count). The van der Waals surface area contributed by atoms with Gasteiger partial charge in [0.15, 0.2) is 0 Å². The second-order valence-corrected chi connectivity index (χ2v) is 9.46. The molecule has 3 unspecified atom stereocenters. The maximum absolute atomic E-state index is 13.3. The van der Waals surface area contributed by atoms with E-state index in [0.717, 1.165) is 64.2 Å². The van der Waals surface area contributed by atoms with Crippen LogP contribution in [0.5, 0.6) is 0 Å². The minimum absolute atomic E-state index is 0.0100. The molecular formula is C26H39NO5. The van der Waals surface area contributed by atoms with Crippen molar-refractivity contribution in [2.75, 3.05) is 13.2 Å². The van der Waals surface area contributed by atoms with Crippen LogP contribution in [0.3, 0.4) is 0 Å². The molecule has 0 saturated carbocycles. The number of amides is 1. The summed E-state index contributed by atoms with van der Waals surface area (Å²) < 4.78 is 11.7. The zero-order valence-electron chi connectivity index (χ0n) is 19.6. The van der Waals surface area contributed by atoms with Crippen LogP contribution in [0.2, 0.25) is 0 Å². The second-order valence-electron chi connectivity index (χ2n) is 9.46. The lowest BCUT2D eigenvalue weighted by atomic mass is 9.87. The lowest BCUT2D eigenvalue weighted by Crippen LogP contribution is -2.57. The van der Waals surface area contributed by atoms with Gasteiger partial charge in [0.1, 0.15) is 11.6 Å². The summed E-state index contributed by atoms with van der Waals surface area (Å²) in [6.07, 6.45) is 19.9. The molecule has 3 aliphatic rings. The van der Waals surface area contributed by atoms with Gasteiger partial charge < -0.3 is 14.4 Å². The molecule has 3 atom stereocenters. The maximum atomic E-state index is 13.3. The number of carbonyl (C=O) groups excluding carboxylic acids is 3. The molecule has 0 aromatic carbocycles. The highest BCUT2D eigenvalue weighted by Gasteiger charge is 2.46. The summed E-state index contributed by atoms with van der Waals surface area (Å²) in [5.74, 6) is -1.51. The molecule has 2 fully saturated rings. The Balaban J connectivity index is 1.72. The quantitative estimate of drug-likeness (QED) is 0.308. The van der Waals surface area contributed by atoms with Crippen LogP contribution < -0.4 is 0 Å². The Morgan fingerprint density at radius 3 is 2.34 bits per heavy atom. The fourth-order valence-corrected chi connectivity index (χ4v) is 4.92.